The van der Waals surface area contributed by atoms with Gasteiger partial charge in [0.2, 0.25) is 5.91 Å². The summed E-state index contributed by atoms with van der Waals surface area (Å²) in [6.07, 6.45) is 17.4. The highest BCUT2D eigenvalue weighted by Crippen LogP contribution is 2.69. The minimum Gasteiger partial charge on any atom is -0.508 e. The van der Waals surface area contributed by atoms with Gasteiger partial charge < -0.3 is 58.1 Å². The zero-order valence-electron chi connectivity index (χ0n) is 51.2. The molecule has 13 atom stereocenters. The van der Waals surface area contributed by atoms with Gasteiger partial charge in [-0.2, -0.15) is 0 Å². The number of amides is 1. The highest BCUT2D eigenvalue weighted by atomic mass is 16.5. The molecule has 15 heteroatoms. The molecular formula is C72H95N7O8. The fourth-order valence-corrected chi connectivity index (χ4v) is 16.6. The average Bonchev–Trinajstić information content (AvgIpc) is 1.62. The number of hydrogen-bond acceptors (Lipinski definition) is 12. The quantitative estimate of drug-likeness (QED) is 0.0441. The number of Topliss-reactive ketones (excluding diaryl/α,β-unsaturated/α-hetero) is 1. The van der Waals surface area contributed by atoms with Crippen molar-refractivity contribution < 1.29 is 39.9 Å². The molecule has 87 heavy (non-hydrogen) atoms. The predicted molar refractivity (Wildman–Crippen MR) is 342 cm³/mol. The molecule has 13 unspecified atom stereocenters. The van der Waals surface area contributed by atoms with Crippen molar-refractivity contribution in [2.24, 2.45) is 57.2 Å². The second-order valence-corrected chi connectivity index (χ2v) is 26.5. The van der Waals surface area contributed by atoms with E-state index in [1.54, 1.807) is 24.3 Å². The number of nitrogens with one attached hydrogen (secondary N) is 3. The second-order valence-electron chi connectivity index (χ2n) is 26.5. The monoisotopic (exact) mass is 1190 g/mol. The molecule has 10 rings (SSSR count). The van der Waals surface area contributed by atoms with Crippen LogP contribution in [0.2, 0.25) is 0 Å². The number of β-amino-alcohol motifs (C(OH)–C–C–N with tert-alkyl or cyclic N) is 1. The Labute approximate surface area is 515 Å². The van der Waals surface area contributed by atoms with E-state index in [0.717, 1.165) is 59.2 Å². The Morgan fingerprint density at radius 2 is 1.70 bits per heavy atom. The summed E-state index contributed by atoms with van der Waals surface area (Å²) >= 11 is 0. The highest BCUT2D eigenvalue weighted by molar-refractivity contribution is 5.98. The number of allylic oxidation sites excluding steroid dienone is 5. The van der Waals surface area contributed by atoms with Gasteiger partial charge in [-0.3, -0.25) is 19.9 Å². The third-order valence-corrected chi connectivity index (χ3v) is 21.1. The number of carbonyl (C=O) groups is 2. The van der Waals surface area contributed by atoms with Crippen LogP contribution in [0.15, 0.2) is 130 Å². The number of guanidine groups is 1. The molecule has 4 saturated carbocycles. The molecule has 2 bridgehead atoms. The molecule has 466 valence electrons. The van der Waals surface area contributed by atoms with Crippen molar-refractivity contribution in [1.29, 1.82) is 0 Å². The molecule has 0 radical (unpaired) electrons. The highest BCUT2D eigenvalue weighted by Gasteiger charge is 2.70. The van der Waals surface area contributed by atoms with Crippen LogP contribution in [0.25, 0.3) is 0 Å². The number of aliphatic hydroxyl groups excluding tert-OH is 3. The number of aliphatic imine (C=N–C) groups is 1. The maximum absolute atomic E-state index is 15.4. The van der Waals surface area contributed by atoms with Crippen LogP contribution in [0.3, 0.4) is 0 Å². The van der Waals surface area contributed by atoms with Crippen molar-refractivity contribution >= 4 is 17.6 Å². The van der Waals surface area contributed by atoms with Crippen LogP contribution < -0.4 is 33.2 Å². The molecular weight excluding hydrogens is 1090 g/mol. The van der Waals surface area contributed by atoms with E-state index in [2.05, 4.69) is 76.7 Å². The number of aromatic hydroxyl groups is 1. The summed E-state index contributed by atoms with van der Waals surface area (Å²) in [5.41, 5.74) is 25.2. The number of ether oxygens (including phenoxy) is 1. The van der Waals surface area contributed by atoms with Crippen molar-refractivity contribution in [2.75, 3.05) is 32.8 Å². The molecule has 15 nitrogen and oxygen atoms in total. The van der Waals surface area contributed by atoms with E-state index in [-0.39, 0.29) is 68.1 Å². The zero-order chi connectivity index (χ0) is 61.4. The van der Waals surface area contributed by atoms with E-state index in [1.165, 1.54) is 37.7 Å². The molecule has 0 saturated heterocycles. The zero-order valence-corrected chi connectivity index (χ0v) is 51.2. The molecule has 1 amide bonds. The van der Waals surface area contributed by atoms with Gasteiger partial charge in [0.15, 0.2) is 11.7 Å². The fraction of sp³-hybridized carbons (Fsp3) is 0.542. The molecule has 14 N–H and O–H groups in total. The van der Waals surface area contributed by atoms with Gasteiger partial charge in [-0.05, 0) is 183 Å². The van der Waals surface area contributed by atoms with Crippen molar-refractivity contribution in [3.05, 3.63) is 159 Å². The minimum atomic E-state index is -1.27. The molecule has 0 aromatic heterocycles. The van der Waals surface area contributed by atoms with Gasteiger partial charge in [0.1, 0.15) is 24.6 Å². The van der Waals surface area contributed by atoms with Crippen LogP contribution in [-0.2, 0) is 33.6 Å². The van der Waals surface area contributed by atoms with Crippen LogP contribution >= 0.6 is 0 Å². The molecule has 4 fully saturated rings. The standard InChI is InChI=1S/C72H95N7O8/c1-44-13-7-8-34-87-43-52(20-9-14-45(2)62(30-23-44)76-40-47-15-5-4-6-16-47)58-39-53-21-12-32-71(86)33-31-56-46(3)63(82)38-51-19-11-22-57-65(51)66(69(85)79-68(57)73)77-42-64(83)59(60(41-78-70(74)75)50-24-26-54(80)27-25-50)37-49-18-10-17-48(35-49)36-55(81)28-29-61(56)72(53,71)67(58)84/h9-11,14,17-20,22-27,35,47,53,55,58-62,64,66-68,76-77,80-81,83-84,86H,2,4-6,12-13,15-16,21,28-34,36-43,73H2,1,3H3,(H,79,85)(H4,74,75,78). The first-order valence-corrected chi connectivity index (χ1v) is 32.2. The Bertz CT molecular complexity index is 3180. The molecule has 4 aliphatic carbocycles. The summed E-state index contributed by atoms with van der Waals surface area (Å²) in [5, 5.41) is 72.7. The summed E-state index contributed by atoms with van der Waals surface area (Å²) in [6.45, 7) is 10.1. The van der Waals surface area contributed by atoms with Crippen molar-refractivity contribution in [3.63, 3.8) is 0 Å². The molecule has 3 aliphatic heterocycles. The Hall–Kier alpha value is -6.19. The van der Waals surface area contributed by atoms with E-state index >= 15 is 4.79 Å². The number of hydrogen-bond donors (Lipinski definition) is 11. The Kier molecular flexibility index (Phi) is 20.9. The van der Waals surface area contributed by atoms with Crippen LogP contribution in [0, 0.1) is 46.8 Å². The van der Waals surface area contributed by atoms with Crippen LogP contribution in [-0.4, -0.2) is 106 Å². The predicted octanol–water partition coefficient (Wildman–Crippen LogP) is 8.16. The first kappa shape index (κ1) is 63.8. The first-order chi connectivity index (χ1) is 41.9. The van der Waals surface area contributed by atoms with Crippen molar-refractivity contribution in [1.82, 2.24) is 16.0 Å². The molecule has 3 aromatic rings. The summed E-state index contributed by atoms with van der Waals surface area (Å²) in [4.78, 5) is 34.2. The first-order valence-electron chi connectivity index (χ1n) is 32.2. The maximum atomic E-state index is 15.4. The number of phenolic OH excluding ortho intramolecular Hbond substituents is 1. The number of ketones is 1. The van der Waals surface area contributed by atoms with Crippen molar-refractivity contribution in [3.8, 4) is 17.6 Å². The number of nitrogens with zero attached hydrogens (tertiary/aromatic N) is 1. The van der Waals surface area contributed by atoms with E-state index in [4.69, 9.17) is 21.9 Å². The largest absolute Gasteiger partial charge is 0.508 e. The number of carbonyl (C=O) groups excluding carboxylic acids is 2. The third-order valence-electron chi connectivity index (χ3n) is 21.1. The summed E-state index contributed by atoms with van der Waals surface area (Å²) in [5.74, 6) is 4.64. The normalized spacial score (nSPS) is 32.0. The molecule has 3 heterocycles. The number of rotatable bonds is 8. The van der Waals surface area contributed by atoms with Crippen molar-refractivity contribution in [2.45, 2.75) is 178 Å². The van der Waals surface area contributed by atoms with Gasteiger partial charge >= 0.3 is 0 Å². The lowest BCUT2D eigenvalue weighted by atomic mass is 9.45. The molecule has 3 aromatic carbocycles. The molecule has 7 aliphatic rings. The average molecular weight is 1190 g/mol. The van der Waals surface area contributed by atoms with Gasteiger partial charge in [-0.25, -0.2) is 0 Å². The van der Waals surface area contributed by atoms with Gasteiger partial charge in [-0.15, -0.1) is 0 Å². The number of phenols is 1. The summed E-state index contributed by atoms with van der Waals surface area (Å²) in [7, 11) is 0. The van der Waals surface area contributed by atoms with Gasteiger partial charge in [0.05, 0.1) is 30.5 Å². The topological polar surface area (TPSA) is 271 Å². The molecule has 1 spiro atoms. The lowest BCUT2D eigenvalue weighted by molar-refractivity contribution is -0.216. The van der Waals surface area contributed by atoms with Crippen LogP contribution in [0.1, 0.15) is 162 Å². The SMILES string of the molecule is C=C1C=CC=C(C2CC3CCCC4(O)CCC5=C(C)C(=O)Cc6cccc7c6C(NCC(O)C(C(CN=C(N)N)c6ccc(O)cc6)Cc6cccc(c6)CC(O)CCC5C34C2O)C(=O)NC7N)COCC#CCC(C)=CCC1NCC1CCCCC1. The fourth-order valence-electron chi connectivity index (χ4n) is 16.6. The van der Waals surface area contributed by atoms with Gasteiger partial charge in [0.25, 0.3) is 0 Å². The number of benzene rings is 3. The van der Waals surface area contributed by atoms with E-state index < -0.39 is 65.2 Å². The number of fused-ring (bicyclic) bond motifs is 3. The Morgan fingerprint density at radius 3 is 2.48 bits per heavy atom. The second kappa shape index (κ2) is 28.5. The Balaban J connectivity index is 1.03. The van der Waals surface area contributed by atoms with Gasteiger partial charge in [0, 0.05) is 49.2 Å². The van der Waals surface area contributed by atoms with E-state index in [0.29, 0.717) is 86.0 Å². The summed E-state index contributed by atoms with van der Waals surface area (Å²) in [6, 6.07) is 19.4. The smallest absolute Gasteiger partial charge is 0.243 e. The van der Waals surface area contributed by atoms with E-state index in [9.17, 15) is 30.3 Å². The van der Waals surface area contributed by atoms with Gasteiger partial charge in [-0.1, -0.05) is 134 Å². The number of nitrogens with two attached hydrogens (primary N) is 3. The number of aliphatic hydroxyl groups is 4. The van der Waals surface area contributed by atoms with Crippen LogP contribution in [0.5, 0.6) is 5.75 Å². The van der Waals surface area contributed by atoms with Crippen LogP contribution in [0.4, 0.5) is 0 Å². The lowest BCUT2D eigenvalue weighted by Crippen LogP contribution is -2.65. The Morgan fingerprint density at radius 1 is 0.931 bits per heavy atom. The lowest BCUT2D eigenvalue weighted by Gasteiger charge is -2.61. The van der Waals surface area contributed by atoms with E-state index in [1.807, 2.05) is 43.3 Å². The maximum Gasteiger partial charge on any atom is 0.243 e. The minimum absolute atomic E-state index is 0.0458. The third kappa shape index (κ3) is 14.3. The summed E-state index contributed by atoms with van der Waals surface area (Å²) < 4.78 is 6.39.